The molecule has 0 amide bonds. The summed E-state index contributed by atoms with van der Waals surface area (Å²) in [5.41, 5.74) is 11.6. The van der Waals surface area contributed by atoms with E-state index in [-0.39, 0.29) is 0 Å². The summed E-state index contributed by atoms with van der Waals surface area (Å²) in [5, 5.41) is 7.05. The predicted molar refractivity (Wildman–Crippen MR) is 89.5 cm³/mol. The lowest BCUT2D eigenvalue weighted by atomic mass is 10.1. The van der Waals surface area contributed by atoms with Crippen LogP contribution in [0.1, 0.15) is 16.7 Å². The molecule has 3 N–H and O–H groups in total. The van der Waals surface area contributed by atoms with Gasteiger partial charge >= 0.3 is 0 Å². The van der Waals surface area contributed by atoms with E-state index in [2.05, 4.69) is 48.8 Å². The summed E-state index contributed by atoms with van der Waals surface area (Å²) in [6.07, 6.45) is 0. The van der Waals surface area contributed by atoms with Gasteiger partial charge in [-0.2, -0.15) is 0 Å². The van der Waals surface area contributed by atoms with E-state index in [4.69, 9.17) is 5.73 Å². The third-order valence-corrected chi connectivity index (χ3v) is 4.70. The number of rotatable bonds is 3. The van der Waals surface area contributed by atoms with E-state index in [9.17, 15) is 0 Å². The van der Waals surface area contributed by atoms with E-state index in [1.807, 2.05) is 23.5 Å². The lowest BCUT2D eigenvalue weighted by molar-refractivity contribution is 1.14. The molecule has 0 saturated heterocycles. The van der Waals surface area contributed by atoms with E-state index in [0.717, 1.165) is 12.2 Å². The second-order valence-electron chi connectivity index (χ2n) is 5.12. The molecule has 20 heavy (non-hydrogen) atoms. The molecule has 1 heterocycles. The van der Waals surface area contributed by atoms with E-state index in [1.165, 1.54) is 32.5 Å². The Labute approximate surface area is 123 Å². The molecule has 0 bridgehead atoms. The fourth-order valence-electron chi connectivity index (χ4n) is 2.46. The minimum atomic E-state index is 0.806. The zero-order valence-corrected chi connectivity index (χ0v) is 12.6. The minimum absolute atomic E-state index is 0.806. The van der Waals surface area contributed by atoms with Crippen LogP contribution in [0.3, 0.4) is 0 Å². The Bertz CT molecular complexity index is 742. The van der Waals surface area contributed by atoms with Crippen molar-refractivity contribution in [2.24, 2.45) is 0 Å². The molecule has 0 aliphatic rings. The lowest BCUT2D eigenvalue weighted by Gasteiger charge is -2.12. The molecule has 0 fully saturated rings. The van der Waals surface area contributed by atoms with Crippen LogP contribution in [0, 0.1) is 13.8 Å². The Morgan fingerprint density at radius 1 is 1.10 bits per heavy atom. The van der Waals surface area contributed by atoms with E-state index in [0.29, 0.717) is 0 Å². The van der Waals surface area contributed by atoms with E-state index in [1.54, 1.807) is 0 Å². The number of nitrogens with one attached hydrogen (secondary N) is 1. The van der Waals surface area contributed by atoms with Crippen LogP contribution in [0.2, 0.25) is 0 Å². The number of benzene rings is 2. The van der Waals surface area contributed by atoms with Gasteiger partial charge in [-0.3, -0.25) is 0 Å². The van der Waals surface area contributed by atoms with Gasteiger partial charge in [-0.15, -0.1) is 11.3 Å². The van der Waals surface area contributed by atoms with E-state index < -0.39 is 0 Å². The number of aryl methyl sites for hydroxylation is 2. The summed E-state index contributed by atoms with van der Waals surface area (Å²) in [6, 6.07) is 12.5. The summed E-state index contributed by atoms with van der Waals surface area (Å²) in [6.45, 7) is 5.17. The largest absolute Gasteiger partial charge is 0.399 e. The van der Waals surface area contributed by atoms with Gasteiger partial charge in [-0.1, -0.05) is 12.1 Å². The first-order valence-corrected chi connectivity index (χ1v) is 7.59. The molecule has 2 nitrogen and oxygen atoms in total. The van der Waals surface area contributed by atoms with Crippen molar-refractivity contribution in [3.8, 4) is 0 Å². The average Bonchev–Trinajstić information content (AvgIpc) is 2.93. The van der Waals surface area contributed by atoms with Crippen molar-refractivity contribution in [3.63, 3.8) is 0 Å². The molecule has 0 atom stereocenters. The topological polar surface area (TPSA) is 38.0 Å². The molecular formula is C17H18N2S. The van der Waals surface area contributed by atoms with Crippen molar-refractivity contribution in [1.29, 1.82) is 0 Å². The number of nitrogen functional groups attached to an aromatic ring is 1. The van der Waals surface area contributed by atoms with Crippen molar-refractivity contribution in [1.82, 2.24) is 0 Å². The Morgan fingerprint density at radius 3 is 2.60 bits per heavy atom. The summed E-state index contributed by atoms with van der Waals surface area (Å²) in [7, 11) is 0. The van der Waals surface area contributed by atoms with E-state index >= 15 is 0 Å². The normalized spacial score (nSPS) is 10.9. The van der Waals surface area contributed by atoms with Gasteiger partial charge in [0, 0.05) is 22.6 Å². The fraction of sp³-hybridized carbons (Fsp3) is 0.176. The van der Waals surface area contributed by atoms with Gasteiger partial charge in [0.1, 0.15) is 0 Å². The van der Waals surface area contributed by atoms with Crippen molar-refractivity contribution in [3.05, 3.63) is 58.5 Å². The first kappa shape index (κ1) is 13.0. The maximum absolute atomic E-state index is 5.71. The third kappa shape index (κ3) is 2.37. The number of hydrogen-bond acceptors (Lipinski definition) is 3. The molecule has 0 spiro atoms. The molecule has 0 aliphatic heterocycles. The SMILES string of the molecule is Cc1c(NCc2ccc(N)cc2)cc(C)c2sccc12. The number of anilines is 2. The Balaban J connectivity index is 1.87. The highest BCUT2D eigenvalue weighted by Gasteiger charge is 2.07. The predicted octanol–water partition coefficient (Wildman–Crippen LogP) is 4.71. The second-order valence-corrected chi connectivity index (χ2v) is 6.04. The van der Waals surface area contributed by atoms with Crippen LogP contribution in [0.15, 0.2) is 41.8 Å². The summed E-state index contributed by atoms with van der Waals surface area (Å²) >= 11 is 1.81. The third-order valence-electron chi connectivity index (χ3n) is 3.65. The zero-order chi connectivity index (χ0) is 14.1. The zero-order valence-electron chi connectivity index (χ0n) is 11.7. The highest BCUT2D eigenvalue weighted by Crippen LogP contribution is 2.32. The van der Waals surface area contributed by atoms with Gasteiger partial charge in [0.05, 0.1) is 0 Å². The minimum Gasteiger partial charge on any atom is -0.399 e. The molecule has 3 heteroatoms. The van der Waals surface area contributed by atoms with Crippen LogP contribution in [0.5, 0.6) is 0 Å². The molecular weight excluding hydrogens is 264 g/mol. The number of nitrogens with two attached hydrogens (primary N) is 1. The van der Waals surface area contributed by atoms with Crippen molar-refractivity contribution in [2.45, 2.75) is 20.4 Å². The van der Waals surface area contributed by atoms with Crippen molar-refractivity contribution in [2.75, 3.05) is 11.1 Å². The smallest absolute Gasteiger partial charge is 0.0400 e. The second kappa shape index (κ2) is 5.17. The maximum atomic E-state index is 5.71. The highest BCUT2D eigenvalue weighted by atomic mass is 32.1. The van der Waals surface area contributed by atoms with Gasteiger partial charge in [-0.05, 0) is 65.6 Å². The lowest BCUT2D eigenvalue weighted by Crippen LogP contribution is -2.01. The Hall–Kier alpha value is -2.00. The highest BCUT2D eigenvalue weighted by molar-refractivity contribution is 7.17. The standard InChI is InChI=1S/C17H18N2S/c1-11-9-16(12(2)15-7-8-20-17(11)15)19-10-13-3-5-14(18)6-4-13/h3-9,19H,10,18H2,1-2H3. The summed E-state index contributed by atoms with van der Waals surface area (Å²) < 4.78 is 1.39. The molecule has 3 aromatic rings. The number of fused-ring (bicyclic) bond motifs is 1. The molecule has 102 valence electrons. The monoisotopic (exact) mass is 282 g/mol. The molecule has 0 saturated carbocycles. The van der Waals surface area contributed by atoms with Gasteiger partial charge in [0.2, 0.25) is 0 Å². The van der Waals surface area contributed by atoms with Crippen molar-refractivity contribution >= 4 is 32.8 Å². The quantitative estimate of drug-likeness (QED) is 0.683. The molecule has 0 unspecified atom stereocenters. The van der Waals surface area contributed by atoms with Gasteiger partial charge in [0.15, 0.2) is 0 Å². The molecule has 0 radical (unpaired) electrons. The molecule has 1 aromatic heterocycles. The van der Waals surface area contributed by atoms with Crippen LogP contribution in [0.4, 0.5) is 11.4 Å². The first-order valence-electron chi connectivity index (χ1n) is 6.71. The van der Waals surface area contributed by atoms with Crippen molar-refractivity contribution < 1.29 is 0 Å². The summed E-state index contributed by atoms with van der Waals surface area (Å²) in [4.78, 5) is 0. The van der Waals surface area contributed by atoms with Crippen LogP contribution in [-0.2, 0) is 6.54 Å². The molecule has 3 rings (SSSR count). The van der Waals surface area contributed by atoms with Crippen LogP contribution >= 0.6 is 11.3 Å². The molecule has 2 aromatic carbocycles. The Kier molecular flexibility index (Phi) is 3.36. The number of hydrogen-bond donors (Lipinski definition) is 2. The fourth-order valence-corrected chi connectivity index (χ4v) is 3.39. The van der Waals surface area contributed by atoms with Crippen LogP contribution in [0.25, 0.3) is 10.1 Å². The first-order chi connectivity index (χ1) is 9.65. The average molecular weight is 282 g/mol. The van der Waals surface area contributed by atoms with Crippen LogP contribution < -0.4 is 11.1 Å². The van der Waals surface area contributed by atoms with Gasteiger partial charge < -0.3 is 11.1 Å². The summed E-state index contributed by atoms with van der Waals surface area (Å²) in [5.74, 6) is 0. The Morgan fingerprint density at radius 2 is 1.85 bits per heavy atom. The van der Waals surface area contributed by atoms with Gasteiger partial charge in [-0.25, -0.2) is 0 Å². The van der Waals surface area contributed by atoms with Gasteiger partial charge in [0.25, 0.3) is 0 Å². The maximum Gasteiger partial charge on any atom is 0.0400 e. The number of thiophene rings is 1. The molecule has 0 aliphatic carbocycles. The van der Waals surface area contributed by atoms with Crippen LogP contribution in [-0.4, -0.2) is 0 Å².